The molecule has 3 aromatic rings. The first kappa shape index (κ1) is 20.3. The average Bonchev–Trinajstić information content (AvgIpc) is 3.31. The van der Waals surface area contributed by atoms with Crippen LogP contribution in [-0.2, 0) is 11.2 Å². The predicted molar refractivity (Wildman–Crippen MR) is 114 cm³/mol. The van der Waals surface area contributed by atoms with E-state index in [0.29, 0.717) is 17.1 Å². The predicted octanol–water partition coefficient (Wildman–Crippen LogP) is 4.38. The maximum atomic E-state index is 12.6. The van der Waals surface area contributed by atoms with E-state index in [2.05, 4.69) is 15.5 Å². The number of ether oxygens (including phenoxy) is 1. The normalized spacial score (nSPS) is 12.1. The Morgan fingerprint density at radius 1 is 1.29 bits per heavy atom. The molecule has 0 fully saturated rings. The van der Waals surface area contributed by atoms with Crippen molar-refractivity contribution >= 4 is 29.5 Å². The number of aromatic amines is 1. The lowest BCUT2D eigenvalue weighted by Crippen LogP contribution is -2.32. The second kappa shape index (κ2) is 9.16. The van der Waals surface area contributed by atoms with Crippen LogP contribution in [0.2, 0.25) is 0 Å². The highest BCUT2D eigenvalue weighted by molar-refractivity contribution is 7.71. The monoisotopic (exact) mass is 416 g/mol. The van der Waals surface area contributed by atoms with Crippen LogP contribution in [0.3, 0.4) is 0 Å². The molecule has 0 radical (unpaired) electrons. The SMILES string of the molecule is CC(C)Oc1ccc(CCNC(=O)C(C)n2c(-c3cccs3)n[nH]c2=S)cc1. The van der Waals surface area contributed by atoms with Crippen molar-refractivity contribution in [1.82, 2.24) is 20.1 Å². The van der Waals surface area contributed by atoms with Crippen molar-refractivity contribution in [3.63, 3.8) is 0 Å². The van der Waals surface area contributed by atoms with Gasteiger partial charge in [-0.05, 0) is 68.6 Å². The Balaban J connectivity index is 1.58. The Hall–Kier alpha value is -2.45. The number of hydrogen-bond donors (Lipinski definition) is 2. The molecular weight excluding hydrogens is 392 g/mol. The third kappa shape index (κ3) is 4.88. The molecule has 2 aromatic heterocycles. The summed E-state index contributed by atoms with van der Waals surface area (Å²) >= 11 is 6.89. The zero-order valence-corrected chi connectivity index (χ0v) is 17.8. The fourth-order valence-corrected chi connectivity index (χ4v) is 3.85. The van der Waals surface area contributed by atoms with Gasteiger partial charge in [-0.15, -0.1) is 11.3 Å². The van der Waals surface area contributed by atoms with Gasteiger partial charge < -0.3 is 10.1 Å². The zero-order chi connectivity index (χ0) is 20.1. The Kier molecular flexibility index (Phi) is 6.64. The van der Waals surface area contributed by atoms with Gasteiger partial charge in [-0.25, -0.2) is 0 Å². The number of nitrogens with zero attached hydrogens (tertiary/aromatic N) is 2. The number of rotatable bonds is 8. The molecule has 0 bridgehead atoms. The summed E-state index contributed by atoms with van der Waals surface area (Å²) in [6, 6.07) is 11.4. The van der Waals surface area contributed by atoms with Gasteiger partial charge in [0.2, 0.25) is 5.91 Å². The molecule has 0 spiro atoms. The van der Waals surface area contributed by atoms with Crippen molar-refractivity contribution in [1.29, 1.82) is 0 Å². The molecule has 1 aromatic carbocycles. The zero-order valence-electron chi connectivity index (χ0n) is 16.1. The molecule has 0 aliphatic rings. The molecule has 1 unspecified atom stereocenters. The van der Waals surface area contributed by atoms with Gasteiger partial charge in [-0.1, -0.05) is 18.2 Å². The van der Waals surface area contributed by atoms with Crippen LogP contribution in [0.25, 0.3) is 10.7 Å². The van der Waals surface area contributed by atoms with Crippen LogP contribution in [-0.4, -0.2) is 33.3 Å². The summed E-state index contributed by atoms with van der Waals surface area (Å²) in [5.74, 6) is 1.45. The third-order valence-electron chi connectivity index (χ3n) is 4.22. The molecule has 0 aliphatic heterocycles. The fourth-order valence-electron chi connectivity index (χ4n) is 2.85. The van der Waals surface area contributed by atoms with Crippen LogP contribution in [0.4, 0.5) is 0 Å². The van der Waals surface area contributed by atoms with Gasteiger partial charge in [0, 0.05) is 6.54 Å². The lowest BCUT2D eigenvalue weighted by atomic mass is 10.1. The van der Waals surface area contributed by atoms with Crippen molar-refractivity contribution in [3.8, 4) is 16.5 Å². The van der Waals surface area contributed by atoms with Gasteiger partial charge >= 0.3 is 0 Å². The standard InChI is InChI=1S/C20H24N4O2S2/c1-13(2)26-16-8-6-15(7-9-16)10-11-21-19(25)14(3)24-18(22-23-20(24)27)17-5-4-12-28-17/h4-9,12-14H,10-11H2,1-3H3,(H,21,25)(H,23,27). The van der Waals surface area contributed by atoms with Crippen molar-refractivity contribution in [2.75, 3.05) is 6.54 Å². The Morgan fingerprint density at radius 2 is 2.04 bits per heavy atom. The minimum atomic E-state index is -0.454. The molecule has 8 heteroatoms. The molecule has 3 rings (SSSR count). The van der Waals surface area contributed by atoms with Crippen LogP contribution in [0.5, 0.6) is 5.75 Å². The van der Waals surface area contributed by atoms with Gasteiger partial charge in [-0.2, -0.15) is 5.10 Å². The summed E-state index contributed by atoms with van der Waals surface area (Å²) in [6.45, 7) is 6.38. The molecule has 0 aliphatic carbocycles. The van der Waals surface area contributed by atoms with Gasteiger partial charge in [0.15, 0.2) is 10.6 Å². The van der Waals surface area contributed by atoms with Crippen molar-refractivity contribution < 1.29 is 9.53 Å². The Bertz CT molecular complexity index is 959. The van der Waals surface area contributed by atoms with Crippen molar-refractivity contribution in [2.45, 2.75) is 39.3 Å². The number of aromatic nitrogens is 3. The van der Waals surface area contributed by atoms with Gasteiger partial charge in [0.25, 0.3) is 0 Å². The quantitative estimate of drug-likeness (QED) is 0.535. The summed E-state index contributed by atoms with van der Waals surface area (Å²) in [6.07, 6.45) is 0.898. The Labute approximate surface area is 173 Å². The molecule has 2 N–H and O–H groups in total. The third-order valence-corrected chi connectivity index (χ3v) is 5.37. The maximum absolute atomic E-state index is 12.6. The smallest absolute Gasteiger partial charge is 0.242 e. The second-order valence-corrected chi connectivity index (χ2v) is 8.06. The summed E-state index contributed by atoms with van der Waals surface area (Å²) in [4.78, 5) is 13.6. The maximum Gasteiger partial charge on any atom is 0.242 e. The Morgan fingerprint density at radius 3 is 2.68 bits per heavy atom. The van der Waals surface area contributed by atoms with E-state index in [1.54, 1.807) is 15.9 Å². The topological polar surface area (TPSA) is 71.9 Å². The second-order valence-electron chi connectivity index (χ2n) is 6.73. The van der Waals surface area contributed by atoms with E-state index < -0.39 is 6.04 Å². The summed E-state index contributed by atoms with van der Waals surface area (Å²) in [7, 11) is 0. The minimum Gasteiger partial charge on any atom is -0.491 e. The summed E-state index contributed by atoms with van der Waals surface area (Å²) in [5, 5.41) is 12.0. The van der Waals surface area contributed by atoms with E-state index in [1.807, 2.05) is 62.5 Å². The summed E-state index contributed by atoms with van der Waals surface area (Å²) in [5.41, 5.74) is 1.14. The molecule has 0 saturated heterocycles. The van der Waals surface area contributed by atoms with Crippen LogP contribution in [0.15, 0.2) is 41.8 Å². The largest absolute Gasteiger partial charge is 0.491 e. The number of carbonyl (C=O) groups excluding carboxylic acids is 1. The first-order chi connectivity index (χ1) is 13.5. The number of thiophene rings is 1. The highest BCUT2D eigenvalue weighted by Gasteiger charge is 2.21. The van der Waals surface area contributed by atoms with E-state index in [-0.39, 0.29) is 12.0 Å². The van der Waals surface area contributed by atoms with E-state index in [1.165, 1.54) is 0 Å². The van der Waals surface area contributed by atoms with E-state index in [9.17, 15) is 4.79 Å². The van der Waals surface area contributed by atoms with E-state index in [4.69, 9.17) is 17.0 Å². The van der Waals surface area contributed by atoms with Crippen LogP contribution >= 0.6 is 23.6 Å². The van der Waals surface area contributed by atoms with Crippen molar-refractivity contribution in [2.24, 2.45) is 0 Å². The van der Waals surface area contributed by atoms with E-state index >= 15 is 0 Å². The number of nitrogens with one attached hydrogen (secondary N) is 2. The number of H-pyrrole nitrogens is 1. The molecule has 6 nitrogen and oxygen atoms in total. The van der Waals surface area contributed by atoms with Crippen LogP contribution < -0.4 is 10.1 Å². The number of carbonyl (C=O) groups is 1. The molecule has 2 heterocycles. The average molecular weight is 417 g/mol. The van der Waals surface area contributed by atoms with Gasteiger partial charge in [-0.3, -0.25) is 14.5 Å². The molecule has 1 amide bonds. The lowest BCUT2D eigenvalue weighted by Gasteiger charge is -2.15. The molecule has 148 valence electrons. The molecule has 1 atom stereocenters. The van der Waals surface area contributed by atoms with Crippen LogP contribution in [0, 0.1) is 4.77 Å². The highest BCUT2D eigenvalue weighted by Crippen LogP contribution is 2.25. The number of amides is 1. The van der Waals surface area contributed by atoms with Gasteiger partial charge in [0.05, 0.1) is 11.0 Å². The van der Waals surface area contributed by atoms with Crippen LogP contribution in [0.1, 0.15) is 32.4 Å². The number of benzene rings is 1. The van der Waals surface area contributed by atoms with Crippen molar-refractivity contribution in [3.05, 3.63) is 52.1 Å². The van der Waals surface area contributed by atoms with E-state index in [0.717, 1.165) is 22.6 Å². The first-order valence-electron chi connectivity index (χ1n) is 9.20. The first-order valence-corrected chi connectivity index (χ1v) is 10.5. The lowest BCUT2D eigenvalue weighted by molar-refractivity contribution is -0.123. The number of hydrogen-bond acceptors (Lipinski definition) is 5. The van der Waals surface area contributed by atoms with Gasteiger partial charge in [0.1, 0.15) is 11.8 Å². The fraction of sp³-hybridized carbons (Fsp3) is 0.350. The molecular formula is C20H24N4O2S2. The molecule has 28 heavy (non-hydrogen) atoms. The summed E-state index contributed by atoms with van der Waals surface area (Å²) < 4.78 is 7.84. The highest BCUT2D eigenvalue weighted by atomic mass is 32.1. The molecule has 0 saturated carbocycles. The minimum absolute atomic E-state index is 0.0879.